The molecule has 2 atom stereocenters. The number of methoxy groups -OCH3 is 1. The number of aryl methyl sites for hydroxylation is 1. The standard InChI is InChI=1S/C10H14N2O6S2/c1-5-9(19-10(15)11-5)20(16,17)12-4-6(13)3-7(12)8(14)18-2/h6-7,13H,3-4H2,1-2H3,(H,11,15). The number of aromatic amines is 1. The zero-order valence-corrected chi connectivity index (χ0v) is 12.5. The van der Waals surface area contributed by atoms with Gasteiger partial charge in [-0.05, 0) is 6.92 Å². The lowest BCUT2D eigenvalue weighted by Gasteiger charge is -2.21. The number of carbonyl (C=O) groups excluding carboxylic acids is 1. The minimum Gasteiger partial charge on any atom is -0.468 e. The van der Waals surface area contributed by atoms with E-state index in [1.54, 1.807) is 0 Å². The van der Waals surface area contributed by atoms with Crippen molar-refractivity contribution in [3.63, 3.8) is 0 Å². The van der Waals surface area contributed by atoms with Gasteiger partial charge in [0.25, 0.3) is 10.0 Å². The first-order valence-corrected chi connectivity index (χ1v) is 8.00. The van der Waals surface area contributed by atoms with Crippen molar-refractivity contribution < 1.29 is 23.1 Å². The molecule has 0 bridgehead atoms. The molecule has 1 saturated heterocycles. The minimum atomic E-state index is -4.03. The Morgan fingerprint density at radius 2 is 2.20 bits per heavy atom. The number of hydrogen-bond donors (Lipinski definition) is 2. The molecule has 112 valence electrons. The van der Waals surface area contributed by atoms with Gasteiger partial charge in [0.1, 0.15) is 6.04 Å². The number of H-pyrrole nitrogens is 1. The van der Waals surface area contributed by atoms with Crippen LogP contribution in [0.1, 0.15) is 12.1 Å². The summed E-state index contributed by atoms with van der Waals surface area (Å²) in [6.45, 7) is 1.26. The van der Waals surface area contributed by atoms with Crippen molar-refractivity contribution in [2.45, 2.75) is 29.7 Å². The molecule has 10 heteroatoms. The maximum Gasteiger partial charge on any atom is 0.324 e. The lowest BCUT2D eigenvalue weighted by Crippen LogP contribution is -2.41. The second-order valence-corrected chi connectivity index (χ2v) is 7.50. The van der Waals surface area contributed by atoms with E-state index < -0.39 is 33.0 Å². The van der Waals surface area contributed by atoms with Gasteiger partial charge in [-0.3, -0.25) is 9.59 Å². The maximum atomic E-state index is 12.5. The summed E-state index contributed by atoms with van der Waals surface area (Å²) in [5.41, 5.74) is 0.213. The zero-order chi connectivity index (χ0) is 15.1. The normalized spacial score (nSPS) is 23.9. The van der Waals surface area contributed by atoms with E-state index in [1.807, 2.05) is 0 Å². The molecule has 2 rings (SSSR count). The van der Waals surface area contributed by atoms with Crippen LogP contribution in [0.25, 0.3) is 0 Å². The second kappa shape index (κ2) is 5.28. The van der Waals surface area contributed by atoms with Gasteiger partial charge < -0.3 is 14.8 Å². The van der Waals surface area contributed by atoms with Crippen LogP contribution in [0.5, 0.6) is 0 Å². The molecule has 1 aliphatic rings. The van der Waals surface area contributed by atoms with Crippen LogP contribution >= 0.6 is 11.3 Å². The molecule has 1 aromatic rings. The molecule has 1 aliphatic heterocycles. The van der Waals surface area contributed by atoms with Gasteiger partial charge in [0.15, 0.2) is 4.21 Å². The third-order valence-electron chi connectivity index (χ3n) is 3.03. The van der Waals surface area contributed by atoms with Gasteiger partial charge >= 0.3 is 10.8 Å². The fourth-order valence-electron chi connectivity index (χ4n) is 2.14. The molecule has 0 amide bonds. The Labute approximate surface area is 119 Å². The Kier molecular flexibility index (Phi) is 4.00. The largest absolute Gasteiger partial charge is 0.468 e. The number of aromatic nitrogens is 1. The second-order valence-electron chi connectivity index (χ2n) is 4.43. The third kappa shape index (κ3) is 2.51. The SMILES string of the molecule is COC(=O)C1CC(O)CN1S(=O)(=O)c1sc(=O)[nH]c1C. The summed E-state index contributed by atoms with van der Waals surface area (Å²) in [7, 11) is -2.88. The molecule has 2 heterocycles. The smallest absolute Gasteiger partial charge is 0.324 e. The van der Waals surface area contributed by atoms with Crippen LogP contribution in [-0.4, -0.2) is 54.6 Å². The predicted octanol–water partition coefficient (Wildman–Crippen LogP) is -0.958. The van der Waals surface area contributed by atoms with E-state index in [2.05, 4.69) is 9.72 Å². The van der Waals surface area contributed by atoms with E-state index >= 15 is 0 Å². The maximum absolute atomic E-state index is 12.5. The zero-order valence-electron chi connectivity index (χ0n) is 10.8. The molecule has 0 radical (unpaired) electrons. The van der Waals surface area contributed by atoms with E-state index in [1.165, 1.54) is 6.92 Å². The predicted molar refractivity (Wildman–Crippen MR) is 70.0 cm³/mol. The molecule has 1 aromatic heterocycles. The molecule has 1 fully saturated rings. The highest BCUT2D eigenvalue weighted by molar-refractivity contribution is 7.91. The number of sulfonamides is 1. The number of rotatable bonds is 3. The number of β-amino-alcohol motifs (C(OH)–C–C–N with tert-alkyl or cyclic N) is 1. The fraction of sp³-hybridized carbons (Fsp3) is 0.600. The van der Waals surface area contributed by atoms with Crippen LogP contribution in [-0.2, 0) is 19.6 Å². The fourth-order valence-corrected chi connectivity index (χ4v) is 5.18. The van der Waals surface area contributed by atoms with Gasteiger partial charge in [-0.2, -0.15) is 4.31 Å². The Hall–Kier alpha value is -1.23. The van der Waals surface area contributed by atoms with Gasteiger partial charge in [0.2, 0.25) is 0 Å². The Bertz CT molecular complexity index is 676. The summed E-state index contributed by atoms with van der Waals surface area (Å²) in [5.74, 6) is -0.731. The van der Waals surface area contributed by atoms with Gasteiger partial charge in [-0.25, -0.2) is 8.42 Å². The first-order chi connectivity index (χ1) is 9.27. The van der Waals surface area contributed by atoms with Crippen LogP contribution in [0.4, 0.5) is 0 Å². The highest BCUT2D eigenvalue weighted by atomic mass is 32.2. The van der Waals surface area contributed by atoms with Crippen molar-refractivity contribution in [2.24, 2.45) is 0 Å². The van der Waals surface area contributed by atoms with Crippen molar-refractivity contribution >= 4 is 27.3 Å². The molecular formula is C10H14N2O6S2. The summed E-state index contributed by atoms with van der Waals surface area (Å²) in [6.07, 6.45) is -0.963. The third-order valence-corrected chi connectivity index (χ3v) is 6.49. The van der Waals surface area contributed by atoms with Crippen molar-refractivity contribution in [3.8, 4) is 0 Å². The lowest BCUT2D eigenvalue weighted by atomic mass is 10.2. The molecule has 0 spiro atoms. The van der Waals surface area contributed by atoms with E-state index in [-0.39, 0.29) is 22.9 Å². The van der Waals surface area contributed by atoms with E-state index in [9.17, 15) is 23.1 Å². The van der Waals surface area contributed by atoms with Crippen LogP contribution in [0.2, 0.25) is 0 Å². The van der Waals surface area contributed by atoms with Gasteiger partial charge in [-0.1, -0.05) is 11.3 Å². The Balaban J connectivity index is 2.45. The summed E-state index contributed by atoms with van der Waals surface area (Å²) >= 11 is 0.556. The first-order valence-electron chi connectivity index (χ1n) is 5.74. The number of esters is 1. The van der Waals surface area contributed by atoms with Crippen molar-refractivity contribution in [2.75, 3.05) is 13.7 Å². The Morgan fingerprint density at radius 3 is 2.70 bits per heavy atom. The van der Waals surface area contributed by atoms with E-state index in [0.29, 0.717) is 11.3 Å². The lowest BCUT2D eigenvalue weighted by molar-refractivity contribution is -0.144. The number of carbonyl (C=O) groups is 1. The molecular weight excluding hydrogens is 308 g/mol. The number of aliphatic hydroxyl groups excluding tert-OH is 1. The number of ether oxygens (including phenoxy) is 1. The number of hydrogen-bond acceptors (Lipinski definition) is 7. The highest BCUT2D eigenvalue weighted by Gasteiger charge is 2.45. The van der Waals surface area contributed by atoms with Gasteiger partial charge in [0.05, 0.1) is 13.2 Å². The number of aliphatic hydroxyl groups is 1. The molecule has 2 unspecified atom stereocenters. The molecule has 0 aliphatic carbocycles. The average molecular weight is 322 g/mol. The monoisotopic (exact) mass is 322 g/mol. The first kappa shape index (κ1) is 15.2. The van der Waals surface area contributed by atoms with Gasteiger partial charge in [0, 0.05) is 18.7 Å². The number of nitrogens with one attached hydrogen (secondary N) is 1. The minimum absolute atomic E-state index is 0.0235. The van der Waals surface area contributed by atoms with Crippen molar-refractivity contribution in [1.29, 1.82) is 0 Å². The number of nitrogens with zero attached hydrogens (tertiary/aromatic N) is 1. The number of thiazole rings is 1. The summed E-state index contributed by atoms with van der Waals surface area (Å²) < 4.78 is 30.3. The van der Waals surface area contributed by atoms with Crippen LogP contribution < -0.4 is 4.87 Å². The molecule has 0 saturated carbocycles. The molecule has 8 nitrogen and oxygen atoms in total. The molecule has 20 heavy (non-hydrogen) atoms. The summed E-state index contributed by atoms with van der Waals surface area (Å²) in [6, 6.07) is -1.07. The van der Waals surface area contributed by atoms with Crippen molar-refractivity contribution in [3.05, 3.63) is 15.4 Å². The summed E-state index contributed by atoms with van der Waals surface area (Å²) in [4.78, 5) is 24.8. The topological polar surface area (TPSA) is 117 Å². The van der Waals surface area contributed by atoms with E-state index in [0.717, 1.165) is 11.4 Å². The van der Waals surface area contributed by atoms with Crippen LogP contribution in [0, 0.1) is 6.92 Å². The van der Waals surface area contributed by atoms with Gasteiger partial charge in [-0.15, -0.1) is 0 Å². The van der Waals surface area contributed by atoms with E-state index in [4.69, 9.17) is 0 Å². The van der Waals surface area contributed by atoms with Crippen molar-refractivity contribution in [1.82, 2.24) is 9.29 Å². The molecule has 2 N–H and O–H groups in total. The molecule has 0 aromatic carbocycles. The quantitative estimate of drug-likeness (QED) is 0.692. The Morgan fingerprint density at radius 1 is 1.55 bits per heavy atom. The average Bonchev–Trinajstić information content (AvgIpc) is 2.92. The van der Waals surface area contributed by atoms with Crippen LogP contribution in [0.15, 0.2) is 9.00 Å². The summed E-state index contributed by atoms with van der Waals surface area (Å²) in [5, 5.41) is 9.62. The highest BCUT2D eigenvalue weighted by Crippen LogP contribution is 2.29. The van der Waals surface area contributed by atoms with Crippen LogP contribution in [0.3, 0.4) is 0 Å².